The first-order valence-corrected chi connectivity index (χ1v) is 5.36. The fourth-order valence-corrected chi connectivity index (χ4v) is 1.62. The first kappa shape index (κ1) is 11.5. The normalized spacial score (nSPS) is 23.4. The van der Waals surface area contributed by atoms with Gasteiger partial charge < -0.3 is 15.4 Å². The third-order valence-corrected chi connectivity index (χ3v) is 2.39. The average Bonchev–Trinajstić information content (AvgIpc) is 2.67. The Hall–Kier alpha value is -0.610. The second kappa shape index (κ2) is 5.98. The molecule has 2 unspecified atom stereocenters. The van der Waals surface area contributed by atoms with Gasteiger partial charge in [0.25, 0.3) is 0 Å². The molecule has 1 aliphatic rings. The maximum Gasteiger partial charge on any atom is 0.237 e. The van der Waals surface area contributed by atoms with Gasteiger partial charge in [0.05, 0.1) is 12.1 Å². The van der Waals surface area contributed by atoms with Crippen molar-refractivity contribution in [1.29, 1.82) is 0 Å². The van der Waals surface area contributed by atoms with E-state index in [2.05, 4.69) is 10.6 Å². The molecule has 82 valence electrons. The molecule has 2 N–H and O–H groups in total. The van der Waals surface area contributed by atoms with Gasteiger partial charge in [-0.25, -0.2) is 0 Å². The highest BCUT2D eigenvalue weighted by Gasteiger charge is 2.21. The van der Waals surface area contributed by atoms with E-state index in [4.69, 9.17) is 4.74 Å². The van der Waals surface area contributed by atoms with E-state index < -0.39 is 0 Å². The molecule has 4 heteroatoms. The zero-order valence-corrected chi connectivity index (χ0v) is 9.01. The predicted octanol–water partition coefficient (Wildman–Crippen LogP) is 0.280. The van der Waals surface area contributed by atoms with Crippen LogP contribution in [0.3, 0.4) is 0 Å². The molecule has 0 aromatic heterocycles. The molecule has 0 radical (unpaired) electrons. The van der Waals surface area contributed by atoms with Crippen LogP contribution in [0.1, 0.15) is 26.7 Å². The van der Waals surface area contributed by atoms with Gasteiger partial charge in [0.15, 0.2) is 0 Å². The lowest BCUT2D eigenvalue weighted by Gasteiger charge is -2.15. The van der Waals surface area contributed by atoms with Crippen LogP contribution >= 0.6 is 0 Å². The summed E-state index contributed by atoms with van der Waals surface area (Å²) in [5.41, 5.74) is 0. The quantitative estimate of drug-likeness (QED) is 0.670. The molecule has 1 fully saturated rings. The second-order valence-electron chi connectivity index (χ2n) is 3.66. The van der Waals surface area contributed by atoms with Gasteiger partial charge in [0, 0.05) is 13.2 Å². The molecule has 0 aromatic carbocycles. The number of amides is 1. The van der Waals surface area contributed by atoms with Crippen molar-refractivity contribution in [2.24, 2.45) is 0 Å². The lowest BCUT2D eigenvalue weighted by molar-refractivity contribution is -0.123. The summed E-state index contributed by atoms with van der Waals surface area (Å²) in [6, 6.07) is 0.0174. The van der Waals surface area contributed by atoms with Crippen molar-refractivity contribution in [3.8, 4) is 0 Å². The Bertz CT molecular complexity index is 179. The van der Waals surface area contributed by atoms with Gasteiger partial charge in [-0.3, -0.25) is 4.79 Å². The molecule has 2 atom stereocenters. The first-order chi connectivity index (χ1) is 6.74. The second-order valence-corrected chi connectivity index (χ2v) is 3.66. The Morgan fingerprint density at radius 1 is 1.71 bits per heavy atom. The van der Waals surface area contributed by atoms with Gasteiger partial charge in [-0.15, -0.1) is 0 Å². The molecule has 4 nitrogen and oxygen atoms in total. The van der Waals surface area contributed by atoms with Crippen LogP contribution in [-0.4, -0.2) is 37.7 Å². The van der Waals surface area contributed by atoms with E-state index in [0.717, 1.165) is 19.4 Å². The minimum atomic E-state index is 0.0174. The fourth-order valence-electron chi connectivity index (χ4n) is 1.62. The van der Waals surface area contributed by atoms with Crippen LogP contribution in [0.4, 0.5) is 0 Å². The maximum absolute atomic E-state index is 11.5. The van der Waals surface area contributed by atoms with Crippen molar-refractivity contribution in [2.75, 3.05) is 19.7 Å². The van der Waals surface area contributed by atoms with Crippen LogP contribution in [0.5, 0.6) is 0 Å². The van der Waals surface area contributed by atoms with Gasteiger partial charge in [-0.2, -0.15) is 0 Å². The SMILES string of the molecule is CCOC(C)CNC(=O)C1CCCN1. The topological polar surface area (TPSA) is 50.4 Å². The van der Waals surface area contributed by atoms with Gasteiger partial charge in [-0.05, 0) is 33.2 Å². The fraction of sp³-hybridized carbons (Fsp3) is 0.900. The Morgan fingerprint density at radius 2 is 2.50 bits per heavy atom. The van der Waals surface area contributed by atoms with Crippen molar-refractivity contribution in [3.63, 3.8) is 0 Å². The number of ether oxygens (including phenoxy) is 1. The number of rotatable bonds is 5. The monoisotopic (exact) mass is 200 g/mol. The lowest BCUT2D eigenvalue weighted by atomic mass is 10.2. The molecule has 0 aliphatic carbocycles. The van der Waals surface area contributed by atoms with E-state index in [9.17, 15) is 4.79 Å². The zero-order valence-electron chi connectivity index (χ0n) is 9.01. The van der Waals surface area contributed by atoms with E-state index in [1.165, 1.54) is 0 Å². The predicted molar refractivity (Wildman–Crippen MR) is 55.1 cm³/mol. The molecule has 14 heavy (non-hydrogen) atoms. The van der Waals surface area contributed by atoms with Gasteiger partial charge in [-0.1, -0.05) is 0 Å². The third-order valence-electron chi connectivity index (χ3n) is 2.39. The summed E-state index contributed by atoms with van der Waals surface area (Å²) in [7, 11) is 0. The highest BCUT2D eigenvalue weighted by Crippen LogP contribution is 2.04. The molecule has 0 bridgehead atoms. The molecule has 1 amide bonds. The molecule has 0 spiro atoms. The Labute approximate surface area is 85.4 Å². The van der Waals surface area contributed by atoms with Crippen molar-refractivity contribution >= 4 is 5.91 Å². The van der Waals surface area contributed by atoms with Gasteiger partial charge in [0.1, 0.15) is 0 Å². The molecule has 1 aliphatic heterocycles. The lowest BCUT2D eigenvalue weighted by Crippen LogP contribution is -2.43. The molecule has 0 saturated carbocycles. The summed E-state index contributed by atoms with van der Waals surface area (Å²) >= 11 is 0. The molecular weight excluding hydrogens is 180 g/mol. The summed E-state index contributed by atoms with van der Waals surface area (Å²) in [5, 5.41) is 6.04. The average molecular weight is 200 g/mol. The van der Waals surface area contributed by atoms with Crippen molar-refractivity contribution in [3.05, 3.63) is 0 Å². The number of carbonyl (C=O) groups is 1. The number of hydrogen-bond acceptors (Lipinski definition) is 3. The van der Waals surface area contributed by atoms with Gasteiger partial charge in [0.2, 0.25) is 5.91 Å². The molecule has 0 aromatic rings. The van der Waals surface area contributed by atoms with Crippen molar-refractivity contribution in [1.82, 2.24) is 10.6 Å². The summed E-state index contributed by atoms with van der Waals surface area (Å²) < 4.78 is 5.32. The Balaban J connectivity index is 2.13. The van der Waals surface area contributed by atoms with Crippen LogP contribution < -0.4 is 10.6 Å². The summed E-state index contributed by atoms with van der Waals surface area (Å²) in [6.07, 6.45) is 2.15. The number of carbonyl (C=O) groups excluding carboxylic acids is 1. The van der Waals surface area contributed by atoms with E-state index in [0.29, 0.717) is 13.2 Å². The summed E-state index contributed by atoms with van der Waals surface area (Å²) in [6.45, 7) is 6.17. The first-order valence-electron chi connectivity index (χ1n) is 5.36. The van der Waals surface area contributed by atoms with E-state index in [1.54, 1.807) is 0 Å². The third kappa shape index (κ3) is 3.64. The van der Waals surface area contributed by atoms with E-state index >= 15 is 0 Å². The zero-order chi connectivity index (χ0) is 10.4. The minimum absolute atomic E-state index is 0.0174. The van der Waals surface area contributed by atoms with Crippen LogP contribution in [0.25, 0.3) is 0 Å². The number of nitrogens with one attached hydrogen (secondary N) is 2. The highest BCUT2D eigenvalue weighted by atomic mass is 16.5. The molecule has 1 saturated heterocycles. The van der Waals surface area contributed by atoms with E-state index in [1.807, 2.05) is 13.8 Å². The largest absolute Gasteiger partial charge is 0.377 e. The molecule has 1 heterocycles. The van der Waals surface area contributed by atoms with Gasteiger partial charge >= 0.3 is 0 Å². The smallest absolute Gasteiger partial charge is 0.237 e. The molecular formula is C10H20N2O2. The molecule has 1 rings (SSSR count). The maximum atomic E-state index is 11.5. The minimum Gasteiger partial charge on any atom is -0.377 e. The summed E-state index contributed by atoms with van der Waals surface area (Å²) in [4.78, 5) is 11.5. The van der Waals surface area contributed by atoms with E-state index in [-0.39, 0.29) is 18.1 Å². The van der Waals surface area contributed by atoms with Crippen LogP contribution in [0, 0.1) is 0 Å². The van der Waals surface area contributed by atoms with Crippen LogP contribution in [-0.2, 0) is 9.53 Å². The Morgan fingerprint density at radius 3 is 3.07 bits per heavy atom. The standard InChI is InChI=1S/C10H20N2O2/c1-3-14-8(2)7-12-10(13)9-5-4-6-11-9/h8-9,11H,3-7H2,1-2H3,(H,12,13). The Kier molecular flexibility index (Phi) is 4.90. The highest BCUT2D eigenvalue weighted by molar-refractivity contribution is 5.81. The number of hydrogen-bond donors (Lipinski definition) is 2. The van der Waals surface area contributed by atoms with Crippen LogP contribution in [0.2, 0.25) is 0 Å². The van der Waals surface area contributed by atoms with Crippen molar-refractivity contribution in [2.45, 2.75) is 38.8 Å². The van der Waals surface area contributed by atoms with Crippen LogP contribution in [0.15, 0.2) is 0 Å². The van der Waals surface area contributed by atoms with Crippen molar-refractivity contribution < 1.29 is 9.53 Å². The summed E-state index contributed by atoms with van der Waals surface area (Å²) in [5.74, 6) is 0.106.